The van der Waals surface area contributed by atoms with Crippen molar-refractivity contribution in [1.29, 1.82) is 0 Å². The SMILES string of the molecule is CCCCCCCCCCCCCC/C=C/CCCCCCC[N+](C(C)C(=O)[O-])(C(C)C(=O)O)C(C)C(=O)O. The molecule has 0 aromatic heterocycles. The van der Waals surface area contributed by atoms with Crippen molar-refractivity contribution in [2.45, 2.75) is 168 Å². The first-order chi connectivity index (χ1) is 18.6. The summed E-state index contributed by atoms with van der Waals surface area (Å²) in [6.07, 6.45) is 27.6. The van der Waals surface area contributed by atoms with Crippen LogP contribution in [0.3, 0.4) is 0 Å². The highest BCUT2D eigenvalue weighted by Crippen LogP contribution is 2.27. The third kappa shape index (κ3) is 15.5. The van der Waals surface area contributed by atoms with Gasteiger partial charge in [-0.2, -0.15) is 0 Å². The van der Waals surface area contributed by atoms with Gasteiger partial charge in [-0.3, -0.25) is 4.48 Å². The fraction of sp³-hybridized carbons (Fsp3) is 0.844. The lowest BCUT2D eigenvalue weighted by atomic mass is 10.00. The van der Waals surface area contributed by atoms with E-state index in [0.717, 1.165) is 38.5 Å². The van der Waals surface area contributed by atoms with Crippen molar-refractivity contribution in [3.63, 3.8) is 0 Å². The van der Waals surface area contributed by atoms with Gasteiger partial charge in [0, 0.05) is 0 Å². The van der Waals surface area contributed by atoms with Gasteiger partial charge < -0.3 is 20.1 Å². The molecule has 0 rings (SSSR count). The lowest BCUT2D eigenvalue weighted by Gasteiger charge is -2.49. The molecule has 0 aliphatic rings. The van der Waals surface area contributed by atoms with Gasteiger partial charge in [0.05, 0.1) is 12.5 Å². The van der Waals surface area contributed by atoms with E-state index in [9.17, 15) is 29.7 Å². The average molecular weight is 554 g/mol. The van der Waals surface area contributed by atoms with E-state index in [1.54, 1.807) is 0 Å². The number of carbonyl (C=O) groups is 3. The third-order valence-corrected chi connectivity index (χ3v) is 8.53. The second kappa shape index (κ2) is 22.9. The zero-order valence-corrected chi connectivity index (χ0v) is 25.5. The standard InChI is InChI=1S/C32H59NO6/c1-5-6-7-8-9-10-11-12-13-14-15-16-17-18-19-20-21-22-23-24-25-26-33(27(2)30(34)35,28(3)31(36)37)29(4)32(38)39/h18-19,27-29H,5-17,20-26H2,1-4H3,(H2-,34,35,36,37,38,39)/b19-18+. The lowest BCUT2D eigenvalue weighted by molar-refractivity contribution is -0.969. The van der Waals surface area contributed by atoms with Crippen LogP contribution in [0.1, 0.15) is 150 Å². The van der Waals surface area contributed by atoms with Crippen LogP contribution in [0.15, 0.2) is 12.2 Å². The fourth-order valence-electron chi connectivity index (χ4n) is 5.71. The maximum absolute atomic E-state index is 11.8. The summed E-state index contributed by atoms with van der Waals surface area (Å²) >= 11 is 0. The number of rotatable bonds is 27. The number of carbonyl (C=O) groups excluding carboxylic acids is 1. The van der Waals surface area contributed by atoms with Crippen molar-refractivity contribution in [1.82, 2.24) is 0 Å². The zero-order chi connectivity index (χ0) is 29.5. The third-order valence-electron chi connectivity index (χ3n) is 8.53. The topological polar surface area (TPSA) is 115 Å². The Morgan fingerprint density at radius 1 is 0.590 bits per heavy atom. The van der Waals surface area contributed by atoms with Crippen molar-refractivity contribution < 1.29 is 34.2 Å². The molecule has 2 N–H and O–H groups in total. The molecule has 0 aliphatic carbocycles. The molecule has 0 aromatic carbocycles. The number of quaternary nitrogens is 1. The van der Waals surface area contributed by atoms with E-state index in [-0.39, 0.29) is 6.54 Å². The number of nitrogens with zero attached hydrogens (tertiary/aromatic N) is 1. The molecular weight excluding hydrogens is 494 g/mol. The monoisotopic (exact) mass is 553 g/mol. The summed E-state index contributed by atoms with van der Waals surface area (Å²) in [5.74, 6) is -3.83. The number of unbranched alkanes of at least 4 members (excludes halogenated alkanes) is 17. The quantitative estimate of drug-likeness (QED) is 0.0651. The van der Waals surface area contributed by atoms with E-state index in [1.165, 1.54) is 97.8 Å². The van der Waals surface area contributed by atoms with E-state index in [2.05, 4.69) is 19.1 Å². The Morgan fingerprint density at radius 2 is 0.923 bits per heavy atom. The van der Waals surface area contributed by atoms with Gasteiger partial charge in [-0.05, 0) is 59.3 Å². The molecule has 39 heavy (non-hydrogen) atoms. The molecule has 0 amide bonds. The predicted octanol–water partition coefficient (Wildman–Crippen LogP) is 6.88. The first-order valence-electron chi connectivity index (χ1n) is 15.8. The molecular formula is C32H59NO6. The summed E-state index contributed by atoms with van der Waals surface area (Å²) in [6.45, 7) is 6.59. The molecule has 0 aromatic rings. The average Bonchev–Trinajstić information content (AvgIpc) is 2.90. The molecule has 228 valence electrons. The minimum absolute atomic E-state index is 0.176. The highest BCUT2D eigenvalue weighted by atomic mass is 16.4. The van der Waals surface area contributed by atoms with Crippen molar-refractivity contribution in [3.8, 4) is 0 Å². The fourth-order valence-corrected chi connectivity index (χ4v) is 5.71. The summed E-state index contributed by atoms with van der Waals surface area (Å²) < 4.78 is -0.547. The van der Waals surface area contributed by atoms with E-state index in [0.29, 0.717) is 6.42 Å². The summed E-state index contributed by atoms with van der Waals surface area (Å²) in [5, 5.41) is 30.9. The van der Waals surface area contributed by atoms with Crippen LogP contribution in [0, 0.1) is 0 Å². The molecule has 0 bridgehead atoms. The molecule has 0 saturated carbocycles. The number of allylic oxidation sites excluding steroid dienone is 2. The van der Waals surface area contributed by atoms with Crippen LogP contribution >= 0.6 is 0 Å². The largest absolute Gasteiger partial charge is 0.544 e. The lowest BCUT2D eigenvalue weighted by Crippen LogP contribution is -2.72. The number of hydrogen-bond acceptors (Lipinski definition) is 4. The van der Waals surface area contributed by atoms with Gasteiger partial charge in [0.1, 0.15) is 6.04 Å². The summed E-state index contributed by atoms with van der Waals surface area (Å²) in [5.41, 5.74) is 0. The Hall–Kier alpha value is -1.89. The van der Waals surface area contributed by atoms with Crippen LogP contribution in [-0.4, -0.2) is 57.3 Å². The Balaban J connectivity index is 4.07. The zero-order valence-electron chi connectivity index (χ0n) is 25.5. The maximum atomic E-state index is 11.8. The van der Waals surface area contributed by atoms with E-state index in [4.69, 9.17) is 0 Å². The minimum Gasteiger partial charge on any atom is -0.544 e. The van der Waals surface area contributed by atoms with Gasteiger partial charge in [0.15, 0.2) is 12.1 Å². The van der Waals surface area contributed by atoms with Crippen molar-refractivity contribution in [2.24, 2.45) is 0 Å². The Labute approximate surface area is 238 Å². The summed E-state index contributed by atoms with van der Waals surface area (Å²) in [4.78, 5) is 35.3. The summed E-state index contributed by atoms with van der Waals surface area (Å²) in [7, 11) is 0. The van der Waals surface area contributed by atoms with E-state index >= 15 is 0 Å². The Bertz CT molecular complexity index is 642. The second-order valence-corrected chi connectivity index (χ2v) is 11.4. The number of carboxylic acid groups (broad SMARTS) is 3. The number of hydrogen-bond donors (Lipinski definition) is 2. The summed E-state index contributed by atoms with van der Waals surface area (Å²) in [6, 6.07) is -3.57. The maximum Gasteiger partial charge on any atom is 0.362 e. The number of carboxylic acids is 3. The van der Waals surface area contributed by atoms with Gasteiger partial charge in [0.2, 0.25) is 0 Å². The van der Waals surface area contributed by atoms with Gasteiger partial charge in [0.25, 0.3) is 0 Å². The second-order valence-electron chi connectivity index (χ2n) is 11.4. The first-order valence-corrected chi connectivity index (χ1v) is 15.8. The highest BCUT2D eigenvalue weighted by Gasteiger charge is 2.50. The van der Waals surface area contributed by atoms with Crippen LogP contribution in [0.25, 0.3) is 0 Å². The van der Waals surface area contributed by atoms with Gasteiger partial charge in [-0.15, -0.1) is 0 Å². The van der Waals surface area contributed by atoms with Gasteiger partial charge >= 0.3 is 11.9 Å². The Kier molecular flexibility index (Phi) is 21.8. The normalized spacial score (nSPS) is 15.6. The van der Waals surface area contributed by atoms with Crippen LogP contribution in [-0.2, 0) is 14.4 Å². The highest BCUT2D eigenvalue weighted by molar-refractivity contribution is 5.76. The van der Waals surface area contributed by atoms with Gasteiger partial charge in [-0.1, -0.05) is 103 Å². The van der Waals surface area contributed by atoms with Crippen LogP contribution < -0.4 is 5.11 Å². The van der Waals surface area contributed by atoms with Crippen molar-refractivity contribution in [2.75, 3.05) is 6.54 Å². The minimum atomic E-state index is -1.42. The predicted molar refractivity (Wildman–Crippen MR) is 156 cm³/mol. The van der Waals surface area contributed by atoms with Gasteiger partial charge in [-0.25, -0.2) is 9.59 Å². The molecule has 7 nitrogen and oxygen atoms in total. The van der Waals surface area contributed by atoms with E-state index < -0.39 is 40.5 Å². The molecule has 0 saturated heterocycles. The van der Waals surface area contributed by atoms with Crippen LogP contribution in [0.2, 0.25) is 0 Å². The molecule has 7 heteroatoms. The first kappa shape index (κ1) is 37.1. The molecule has 3 unspecified atom stereocenters. The van der Waals surface area contributed by atoms with Crippen LogP contribution in [0.4, 0.5) is 0 Å². The molecule has 0 aliphatic heterocycles. The van der Waals surface area contributed by atoms with E-state index in [1.807, 2.05) is 0 Å². The van der Waals surface area contributed by atoms with Crippen LogP contribution in [0.5, 0.6) is 0 Å². The molecule has 3 atom stereocenters. The molecule has 0 radical (unpaired) electrons. The molecule has 0 heterocycles. The smallest absolute Gasteiger partial charge is 0.362 e. The number of aliphatic carboxylic acids is 3. The molecule has 0 spiro atoms. The van der Waals surface area contributed by atoms with Crippen molar-refractivity contribution in [3.05, 3.63) is 12.2 Å². The molecule has 0 fully saturated rings. The Morgan fingerprint density at radius 3 is 1.26 bits per heavy atom. The van der Waals surface area contributed by atoms with Crippen molar-refractivity contribution >= 4 is 17.9 Å².